The highest BCUT2D eigenvalue weighted by Crippen LogP contribution is 2.40. The zero-order chi connectivity index (χ0) is 17.4. The third-order valence-corrected chi connectivity index (χ3v) is 5.68. The largest absolute Gasteiger partial charge is 0.481 e. The van der Waals surface area contributed by atoms with Crippen molar-refractivity contribution in [2.24, 2.45) is 5.41 Å². The number of nitrogens with zero attached hydrogens (tertiary/aromatic N) is 1. The van der Waals surface area contributed by atoms with E-state index in [0.717, 1.165) is 5.56 Å². The highest BCUT2D eigenvalue weighted by molar-refractivity contribution is 6.30. The molecule has 0 aliphatic carbocycles. The van der Waals surface area contributed by atoms with Gasteiger partial charge < -0.3 is 14.7 Å². The molecule has 0 spiro atoms. The fraction of sp³-hybridized carbons (Fsp3) is 0.556. The van der Waals surface area contributed by atoms with Crippen molar-refractivity contribution in [3.05, 3.63) is 34.9 Å². The Bertz CT molecular complexity index is 639. The lowest BCUT2D eigenvalue weighted by Gasteiger charge is -2.39. The summed E-state index contributed by atoms with van der Waals surface area (Å²) >= 11 is 5.99. The minimum atomic E-state index is -0.859. The van der Waals surface area contributed by atoms with Crippen LogP contribution < -0.4 is 0 Å². The monoisotopic (exact) mass is 351 g/mol. The highest BCUT2D eigenvalue weighted by atomic mass is 35.5. The van der Waals surface area contributed by atoms with Crippen LogP contribution in [0, 0.1) is 5.41 Å². The molecule has 0 aromatic heterocycles. The van der Waals surface area contributed by atoms with E-state index in [-0.39, 0.29) is 12.5 Å². The molecule has 1 N–H and O–H groups in total. The molecule has 2 heterocycles. The Morgan fingerprint density at radius 1 is 1.17 bits per heavy atom. The maximum Gasteiger partial charge on any atom is 0.311 e. The first-order chi connectivity index (χ1) is 11.4. The van der Waals surface area contributed by atoms with Crippen LogP contribution >= 0.6 is 11.6 Å². The molecule has 1 aromatic rings. The van der Waals surface area contributed by atoms with Gasteiger partial charge in [0.2, 0.25) is 5.91 Å². The molecule has 5 nitrogen and oxygen atoms in total. The Morgan fingerprint density at radius 2 is 1.79 bits per heavy atom. The first kappa shape index (κ1) is 17.2. The van der Waals surface area contributed by atoms with Crippen LogP contribution in [0.1, 0.15) is 31.7 Å². The van der Waals surface area contributed by atoms with Crippen molar-refractivity contribution in [1.29, 1.82) is 0 Å². The highest BCUT2D eigenvalue weighted by Gasteiger charge is 2.49. The standard InChI is InChI=1S/C18H22ClNO4/c1-17(16(22)23)6-9-20(12-17)15(21)18(7-10-24-11-8-18)13-2-4-14(19)5-3-13/h2-5H,6-12H2,1H3,(H,22,23)/t17-/m1/s1. The quantitative estimate of drug-likeness (QED) is 0.909. The summed E-state index contributed by atoms with van der Waals surface area (Å²) in [5, 5.41) is 10.1. The maximum atomic E-state index is 13.4. The van der Waals surface area contributed by atoms with Gasteiger partial charge in [0.15, 0.2) is 0 Å². The van der Waals surface area contributed by atoms with Crippen molar-refractivity contribution < 1.29 is 19.4 Å². The van der Waals surface area contributed by atoms with Gasteiger partial charge in [-0.05, 0) is 43.9 Å². The van der Waals surface area contributed by atoms with Crippen molar-refractivity contribution in [2.75, 3.05) is 26.3 Å². The number of carboxylic acids is 1. The second-order valence-corrected chi connectivity index (χ2v) is 7.48. The predicted molar refractivity (Wildman–Crippen MR) is 90.1 cm³/mol. The summed E-state index contributed by atoms with van der Waals surface area (Å²) in [4.78, 5) is 26.6. The lowest BCUT2D eigenvalue weighted by Crippen LogP contribution is -2.50. The van der Waals surface area contributed by atoms with E-state index in [9.17, 15) is 14.7 Å². The maximum absolute atomic E-state index is 13.4. The van der Waals surface area contributed by atoms with Crippen LogP contribution in [0.2, 0.25) is 5.02 Å². The van der Waals surface area contributed by atoms with Gasteiger partial charge in [0.1, 0.15) is 0 Å². The van der Waals surface area contributed by atoms with Crippen LogP contribution in [0.15, 0.2) is 24.3 Å². The number of hydrogen-bond acceptors (Lipinski definition) is 3. The molecule has 0 unspecified atom stereocenters. The first-order valence-electron chi connectivity index (χ1n) is 8.24. The van der Waals surface area contributed by atoms with E-state index in [0.29, 0.717) is 44.0 Å². The van der Waals surface area contributed by atoms with Gasteiger partial charge >= 0.3 is 5.97 Å². The molecule has 0 saturated carbocycles. The van der Waals surface area contributed by atoms with E-state index in [1.807, 2.05) is 12.1 Å². The lowest BCUT2D eigenvalue weighted by molar-refractivity contribution is -0.148. The fourth-order valence-corrected chi connectivity index (χ4v) is 3.85. The summed E-state index contributed by atoms with van der Waals surface area (Å²) in [5.41, 5.74) is -0.571. The number of hydrogen-bond donors (Lipinski definition) is 1. The van der Waals surface area contributed by atoms with E-state index < -0.39 is 16.8 Å². The van der Waals surface area contributed by atoms with Gasteiger partial charge in [-0.15, -0.1) is 0 Å². The molecule has 2 fully saturated rings. The minimum Gasteiger partial charge on any atom is -0.481 e. The van der Waals surface area contributed by atoms with E-state index in [1.165, 1.54) is 0 Å². The first-order valence-corrected chi connectivity index (χ1v) is 8.62. The van der Waals surface area contributed by atoms with Crippen molar-refractivity contribution >= 4 is 23.5 Å². The molecule has 1 atom stereocenters. The van der Waals surface area contributed by atoms with E-state index >= 15 is 0 Å². The second kappa shape index (κ2) is 6.37. The number of carboxylic acid groups (broad SMARTS) is 1. The summed E-state index contributed by atoms with van der Waals surface area (Å²) in [6.07, 6.45) is 1.70. The zero-order valence-electron chi connectivity index (χ0n) is 13.8. The number of aliphatic carboxylic acids is 1. The van der Waals surface area contributed by atoms with Crippen molar-refractivity contribution in [1.82, 2.24) is 4.90 Å². The van der Waals surface area contributed by atoms with Gasteiger partial charge in [0, 0.05) is 31.3 Å². The molecule has 130 valence electrons. The summed E-state index contributed by atoms with van der Waals surface area (Å²) in [5.74, 6) is -0.830. The van der Waals surface area contributed by atoms with Crippen molar-refractivity contribution in [2.45, 2.75) is 31.6 Å². The molecule has 0 bridgehead atoms. The topological polar surface area (TPSA) is 66.8 Å². The van der Waals surface area contributed by atoms with Crippen molar-refractivity contribution in [3.63, 3.8) is 0 Å². The second-order valence-electron chi connectivity index (χ2n) is 7.04. The van der Waals surface area contributed by atoms with Gasteiger partial charge in [0.25, 0.3) is 0 Å². The molecule has 1 amide bonds. The smallest absolute Gasteiger partial charge is 0.311 e. The summed E-state index contributed by atoms with van der Waals surface area (Å²) in [6, 6.07) is 7.40. The summed E-state index contributed by atoms with van der Waals surface area (Å²) < 4.78 is 5.47. The molecule has 1 aromatic carbocycles. The average molecular weight is 352 g/mol. The molecule has 2 aliphatic heterocycles. The predicted octanol–water partition coefficient (Wildman–Crippen LogP) is 2.71. The molecule has 0 radical (unpaired) electrons. The number of halogens is 1. The van der Waals surface area contributed by atoms with Crippen molar-refractivity contribution in [3.8, 4) is 0 Å². The number of rotatable bonds is 3. The third kappa shape index (κ3) is 2.91. The summed E-state index contributed by atoms with van der Waals surface area (Å²) in [6.45, 7) is 3.51. The molecular weight excluding hydrogens is 330 g/mol. The van der Waals surface area contributed by atoms with Crippen LogP contribution in [0.4, 0.5) is 0 Å². The molecule has 3 rings (SSSR count). The average Bonchev–Trinajstić information content (AvgIpc) is 2.99. The number of benzene rings is 1. The van der Waals surface area contributed by atoms with Crippen LogP contribution in [-0.4, -0.2) is 48.2 Å². The van der Waals surface area contributed by atoms with Gasteiger partial charge in [-0.3, -0.25) is 9.59 Å². The Balaban J connectivity index is 1.91. The van der Waals surface area contributed by atoms with Gasteiger partial charge in [-0.25, -0.2) is 0 Å². The van der Waals surface area contributed by atoms with Crippen LogP contribution in [0.3, 0.4) is 0 Å². The summed E-state index contributed by atoms with van der Waals surface area (Å²) in [7, 11) is 0. The molecular formula is C18H22ClNO4. The number of likely N-dealkylation sites (tertiary alicyclic amines) is 1. The Labute approximate surface area is 146 Å². The normalized spacial score (nSPS) is 26.3. The fourth-order valence-electron chi connectivity index (χ4n) is 3.73. The minimum absolute atomic E-state index is 0.0121. The molecule has 24 heavy (non-hydrogen) atoms. The molecule has 6 heteroatoms. The van der Waals surface area contributed by atoms with Gasteiger partial charge in [0.05, 0.1) is 10.8 Å². The Hall–Kier alpha value is -1.59. The van der Waals surface area contributed by atoms with Gasteiger partial charge in [-0.1, -0.05) is 23.7 Å². The Morgan fingerprint density at radius 3 is 2.33 bits per heavy atom. The third-order valence-electron chi connectivity index (χ3n) is 5.43. The van der Waals surface area contributed by atoms with Crippen LogP contribution in [0.25, 0.3) is 0 Å². The number of carbonyl (C=O) groups is 2. The van der Waals surface area contributed by atoms with Crippen LogP contribution in [0.5, 0.6) is 0 Å². The Kier molecular flexibility index (Phi) is 4.58. The zero-order valence-corrected chi connectivity index (χ0v) is 14.5. The van der Waals surface area contributed by atoms with Crippen LogP contribution in [-0.2, 0) is 19.7 Å². The molecule has 2 saturated heterocycles. The molecule has 2 aliphatic rings. The number of carbonyl (C=O) groups excluding carboxylic acids is 1. The number of ether oxygens (including phenoxy) is 1. The van der Waals surface area contributed by atoms with E-state index in [1.54, 1.807) is 24.0 Å². The van der Waals surface area contributed by atoms with Gasteiger partial charge in [-0.2, -0.15) is 0 Å². The van der Waals surface area contributed by atoms with E-state index in [4.69, 9.17) is 16.3 Å². The SMILES string of the molecule is C[C@@]1(C(=O)O)CCN(C(=O)C2(c3ccc(Cl)cc3)CCOCC2)C1. The number of amides is 1. The lowest BCUT2D eigenvalue weighted by atomic mass is 9.73. The van der Waals surface area contributed by atoms with E-state index in [2.05, 4.69) is 0 Å².